The molecule has 0 amide bonds. The van der Waals surface area contributed by atoms with Crippen molar-refractivity contribution in [1.29, 1.82) is 5.26 Å². The van der Waals surface area contributed by atoms with Crippen molar-refractivity contribution in [3.8, 4) is 11.8 Å². The fourth-order valence-electron chi connectivity index (χ4n) is 1.77. The highest BCUT2D eigenvalue weighted by Gasteiger charge is 2.02. The molecule has 0 aliphatic heterocycles. The van der Waals surface area contributed by atoms with Gasteiger partial charge in [-0.3, -0.25) is 0 Å². The molecular weight excluding hydrogens is 314 g/mol. The molecular formula is C18H14ClNO3. The number of ether oxygens (including phenoxy) is 2. The fourth-order valence-corrected chi connectivity index (χ4v) is 1.96. The summed E-state index contributed by atoms with van der Waals surface area (Å²) < 4.78 is 10.3. The largest absolute Gasteiger partial charge is 0.479 e. The zero-order valence-electron chi connectivity index (χ0n) is 12.2. The van der Waals surface area contributed by atoms with Gasteiger partial charge < -0.3 is 9.47 Å². The third kappa shape index (κ3) is 5.50. The molecule has 0 atom stereocenters. The molecule has 0 fully saturated rings. The highest BCUT2D eigenvalue weighted by molar-refractivity contribution is 6.31. The number of carbonyl (C=O) groups excluding carboxylic acids is 1. The van der Waals surface area contributed by atoms with Gasteiger partial charge in [0.1, 0.15) is 18.4 Å². The molecule has 0 heterocycles. The second kappa shape index (κ2) is 8.62. The Bertz CT molecular complexity index is 733. The number of nitriles is 1. The molecule has 116 valence electrons. The van der Waals surface area contributed by atoms with Crippen LogP contribution in [0, 0.1) is 11.3 Å². The first kappa shape index (κ1) is 16.6. The quantitative estimate of drug-likeness (QED) is 0.594. The van der Waals surface area contributed by atoms with E-state index in [0.717, 1.165) is 11.1 Å². The minimum atomic E-state index is -0.449. The number of rotatable bonds is 6. The Hall–Kier alpha value is -2.77. The van der Waals surface area contributed by atoms with Crippen molar-refractivity contribution in [3.63, 3.8) is 0 Å². The van der Waals surface area contributed by atoms with Crippen LogP contribution in [-0.4, -0.2) is 12.6 Å². The Labute approximate surface area is 139 Å². The van der Waals surface area contributed by atoms with E-state index in [1.54, 1.807) is 42.5 Å². The third-order valence-corrected chi connectivity index (χ3v) is 3.29. The maximum absolute atomic E-state index is 11.7. The zero-order chi connectivity index (χ0) is 16.5. The highest BCUT2D eigenvalue weighted by Crippen LogP contribution is 2.16. The number of nitrogens with zero attached hydrogens (tertiary/aromatic N) is 1. The van der Waals surface area contributed by atoms with Gasteiger partial charge in [-0.15, -0.1) is 0 Å². The standard InChI is InChI=1S/C18H14ClNO3/c19-17-4-2-1-3-15(17)13-23-18(21)10-7-14-5-8-16(9-6-14)22-12-11-20/h1-10H,12-13H2/b10-7+. The number of carbonyl (C=O) groups is 1. The molecule has 0 saturated carbocycles. The third-order valence-electron chi connectivity index (χ3n) is 2.92. The van der Waals surface area contributed by atoms with Crippen molar-refractivity contribution in [2.45, 2.75) is 6.61 Å². The number of hydrogen-bond acceptors (Lipinski definition) is 4. The average Bonchev–Trinajstić information content (AvgIpc) is 2.58. The topological polar surface area (TPSA) is 59.3 Å². The number of hydrogen-bond donors (Lipinski definition) is 0. The number of halogens is 1. The van der Waals surface area contributed by atoms with Gasteiger partial charge in [0.15, 0.2) is 6.61 Å². The van der Waals surface area contributed by atoms with Crippen LogP contribution in [0.2, 0.25) is 5.02 Å². The maximum atomic E-state index is 11.7. The minimum absolute atomic E-state index is 0.00353. The summed E-state index contributed by atoms with van der Waals surface area (Å²) in [5.41, 5.74) is 1.58. The summed E-state index contributed by atoms with van der Waals surface area (Å²) >= 11 is 5.99. The minimum Gasteiger partial charge on any atom is -0.479 e. The van der Waals surface area contributed by atoms with Crippen molar-refractivity contribution in [2.75, 3.05) is 6.61 Å². The van der Waals surface area contributed by atoms with E-state index in [0.29, 0.717) is 10.8 Å². The van der Waals surface area contributed by atoms with Crippen molar-refractivity contribution < 1.29 is 14.3 Å². The Morgan fingerprint density at radius 3 is 2.61 bits per heavy atom. The van der Waals surface area contributed by atoms with Gasteiger partial charge in [0.05, 0.1) is 0 Å². The Morgan fingerprint density at radius 2 is 1.91 bits per heavy atom. The smallest absolute Gasteiger partial charge is 0.331 e. The average molecular weight is 328 g/mol. The molecule has 2 rings (SSSR count). The molecule has 0 aliphatic rings. The Kier molecular flexibility index (Phi) is 6.22. The molecule has 0 radical (unpaired) electrons. The van der Waals surface area contributed by atoms with E-state index >= 15 is 0 Å². The van der Waals surface area contributed by atoms with Crippen LogP contribution in [0.4, 0.5) is 0 Å². The summed E-state index contributed by atoms with van der Waals surface area (Å²) in [5.74, 6) is 0.153. The summed E-state index contributed by atoms with van der Waals surface area (Å²) in [4.78, 5) is 11.7. The first-order valence-electron chi connectivity index (χ1n) is 6.87. The van der Waals surface area contributed by atoms with Crippen molar-refractivity contribution in [3.05, 3.63) is 70.8 Å². The second-order valence-electron chi connectivity index (χ2n) is 4.55. The van der Waals surface area contributed by atoms with E-state index in [1.165, 1.54) is 6.08 Å². The first-order chi connectivity index (χ1) is 11.2. The molecule has 2 aromatic carbocycles. The van der Waals surface area contributed by atoms with E-state index in [2.05, 4.69) is 0 Å². The predicted molar refractivity (Wildman–Crippen MR) is 87.8 cm³/mol. The maximum Gasteiger partial charge on any atom is 0.331 e. The lowest BCUT2D eigenvalue weighted by Gasteiger charge is -2.04. The molecule has 23 heavy (non-hydrogen) atoms. The van der Waals surface area contributed by atoms with Gasteiger partial charge in [0.2, 0.25) is 0 Å². The van der Waals surface area contributed by atoms with Gasteiger partial charge in [0, 0.05) is 16.7 Å². The van der Waals surface area contributed by atoms with E-state index in [-0.39, 0.29) is 13.2 Å². The van der Waals surface area contributed by atoms with E-state index in [9.17, 15) is 4.79 Å². The van der Waals surface area contributed by atoms with E-state index in [4.69, 9.17) is 26.3 Å². The van der Waals surface area contributed by atoms with Gasteiger partial charge in [-0.2, -0.15) is 5.26 Å². The van der Waals surface area contributed by atoms with Gasteiger partial charge in [-0.1, -0.05) is 41.9 Å². The van der Waals surface area contributed by atoms with Gasteiger partial charge in [-0.25, -0.2) is 4.79 Å². The van der Waals surface area contributed by atoms with Gasteiger partial charge >= 0.3 is 5.97 Å². The summed E-state index contributed by atoms with van der Waals surface area (Å²) in [5, 5.41) is 9.00. The van der Waals surface area contributed by atoms with Crippen molar-refractivity contribution in [1.82, 2.24) is 0 Å². The summed E-state index contributed by atoms with van der Waals surface area (Å²) in [6, 6.07) is 16.1. The van der Waals surface area contributed by atoms with Crippen LogP contribution in [0.3, 0.4) is 0 Å². The van der Waals surface area contributed by atoms with Crippen LogP contribution in [0.15, 0.2) is 54.6 Å². The van der Waals surface area contributed by atoms with Crippen LogP contribution in [0.5, 0.6) is 5.75 Å². The molecule has 4 nitrogen and oxygen atoms in total. The van der Waals surface area contributed by atoms with Crippen LogP contribution in [-0.2, 0) is 16.1 Å². The van der Waals surface area contributed by atoms with Crippen molar-refractivity contribution >= 4 is 23.6 Å². The molecule has 0 spiro atoms. The lowest BCUT2D eigenvalue weighted by molar-refractivity contribution is -0.138. The predicted octanol–water partition coefficient (Wildman–Crippen LogP) is 4.00. The lowest BCUT2D eigenvalue weighted by Crippen LogP contribution is -2.01. The molecule has 0 aliphatic carbocycles. The van der Waals surface area contributed by atoms with Gasteiger partial charge in [0.25, 0.3) is 0 Å². The number of benzene rings is 2. The molecule has 2 aromatic rings. The molecule has 0 saturated heterocycles. The van der Waals surface area contributed by atoms with Crippen molar-refractivity contribution in [2.24, 2.45) is 0 Å². The molecule has 0 aromatic heterocycles. The summed E-state index contributed by atoms with van der Waals surface area (Å²) in [6.45, 7) is 0.132. The van der Waals surface area contributed by atoms with Gasteiger partial charge in [-0.05, 0) is 29.8 Å². The van der Waals surface area contributed by atoms with E-state index < -0.39 is 5.97 Å². The van der Waals surface area contributed by atoms with Crippen LogP contribution in [0.25, 0.3) is 6.08 Å². The molecule has 5 heteroatoms. The monoisotopic (exact) mass is 327 g/mol. The SMILES string of the molecule is N#CCOc1ccc(/C=C/C(=O)OCc2ccccc2Cl)cc1. The summed E-state index contributed by atoms with van der Waals surface area (Å²) in [6.07, 6.45) is 2.99. The molecule has 0 bridgehead atoms. The normalized spacial score (nSPS) is 10.3. The van der Waals surface area contributed by atoms with Crippen LogP contribution in [0.1, 0.15) is 11.1 Å². The van der Waals surface area contributed by atoms with E-state index in [1.807, 2.05) is 18.2 Å². The molecule has 0 N–H and O–H groups in total. The molecule has 0 unspecified atom stereocenters. The highest BCUT2D eigenvalue weighted by atomic mass is 35.5. The first-order valence-corrected chi connectivity index (χ1v) is 7.25. The second-order valence-corrected chi connectivity index (χ2v) is 4.96. The van der Waals surface area contributed by atoms with Crippen LogP contribution >= 0.6 is 11.6 Å². The van der Waals surface area contributed by atoms with Crippen LogP contribution < -0.4 is 4.74 Å². The fraction of sp³-hybridized carbons (Fsp3) is 0.111. The summed E-state index contributed by atoms with van der Waals surface area (Å²) in [7, 11) is 0. The Morgan fingerprint density at radius 1 is 1.17 bits per heavy atom. The zero-order valence-corrected chi connectivity index (χ0v) is 13.0. The number of esters is 1. The lowest BCUT2D eigenvalue weighted by atomic mass is 10.2. The Balaban J connectivity index is 1.86.